The first-order chi connectivity index (χ1) is 5.62. The molecule has 0 amide bonds. The fraction of sp³-hybridized carbons (Fsp3) is 0.625. The Balaban J connectivity index is 2.74. The van der Waals surface area contributed by atoms with Crippen molar-refractivity contribution in [2.24, 2.45) is 10.2 Å². The van der Waals surface area contributed by atoms with Crippen LogP contribution in [0, 0.1) is 12.3 Å². The van der Waals surface area contributed by atoms with Gasteiger partial charge in [-0.05, 0) is 6.92 Å². The third kappa shape index (κ3) is 1.30. The van der Waals surface area contributed by atoms with Gasteiger partial charge in [-0.3, -0.25) is 0 Å². The first-order valence-corrected chi connectivity index (χ1v) is 3.59. The number of azo groups is 1. The lowest BCUT2D eigenvalue weighted by atomic mass is 9.96. The Bertz CT molecular complexity index is 267. The van der Waals surface area contributed by atoms with Crippen molar-refractivity contribution in [3.63, 3.8) is 0 Å². The summed E-state index contributed by atoms with van der Waals surface area (Å²) >= 11 is 0. The van der Waals surface area contributed by atoms with E-state index in [-0.39, 0.29) is 12.0 Å². The van der Waals surface area contributed by atoms with Gasteiger partial charge < -0.3 is 4.74 Å². The minimum Gasteiger partial charge on any atom is -0.467 e. The Labute approximate surface area is 71.0 Å². The van der Waals surface area contributed by atoms with Crippen LogP contribution >= 0.6 is 0 Å². The molecule has 1 aliphatic rings. The largest absolute Gasteiger partial charge is 0.467 e. The average Bonchev–Trinajstić information content (AvgIpc) is 2.47. The van der Waals surface area contributed by atoms with E-state index in [4.69, 9.17) is 6.42 Å². The molecule has 1 rings (SSSR count). The highest BCUT2D eigenvalue weighted by Gasteiger charge is 2.41. The summed E-state index contributed by atoms with van der Waals surface area (Å²) in [5, 5.41) is 7.56. The summed E-state index contributed by atoms with van der Waals surface area (Å²) in [4.78, 5) is 11.2. The molecule has 0 aromatic carbocycles. The van der Waals surface area contributed by atoms with E-state index in [2.05, 4.69) is 20.9 Å². The number of hydrogen-bond acceptors (Lipinski definition) is 4. The number of nitrogens with zero attached hydrogens (tertiary/aromatic N) is 2. The minimum atomic E-state index is -0.869. The summed E-state index contributed by atoms with van der Waals surface area (Å²) in [6.45, 7) is 1.67. The Morgan fingerprint density at radius 3 is 2.92 bits per heavy atom. The Morgan fingerprint density at radius 1 is 1.83 bits per heavy atom. The van der Waals surface area contributed by atoms with Crippen LogP contribution in [0.4, 0.5) is 0 Å². The van der Waals surface area contributed by atoms with Crippen LogP contribution < -0.4 is 0 Å². The Hall–Kier alpha value is -1.37. The molecular weight excluding hydrogens is 156 g/mol. The SMILES string of the molecule is C#C[C@H]1C[C@](C)(C(=O)OC)N=N1. The maximum atomic E-state index is 11.2. The van der Waals surface area contributed by atoms with E-state index < -0.39 is 5.54 Å². The van der Waals surface area contributed by atoms with Crippen LogP contribution in [0.25, 0.3) is 0 Å². The van der Waals surface area contributed by atoms with Gasteiger partial charge in [-0.25, -0.2) is 4.79 Å². The van der Waals surface area contributed by atoms with Gasteiger partial charge in [0.15, 0.2) is 5.54 Å². The molecule has 1 heterocycles. The molecule has 0 saturated carbocycles. The second-order valence-corrected chi connectivity index (χ2v) is 2.87. The molecule has 4 heteroatoms. The molecule has 64 valence electrons. The second-order valence-electron chi connectivity index (χ2n) is 2.87. The summed E-state index contributed by atoms with van der Waals surface area (Å²) in [6.07, 6.45) is 5.58. The van der Waals surface area contributed by atoms with Crippen LogP contribution in [-0.2, 0) is 9.53 Å². The quantitative estimate of drug-likeness (QED) is 0.427. The van der Waals surface area contributed by atoms with Crippen LogP contribution in [0.15, 0.2) is 10.2 Å². The Kier molecular flexibility index (Phi) is 2.13. The zero-order valence-electron chi connectivity index (χ0n) is 7.07. The fourth-order valence-corrected chi connectivity index (χ4v) is 1.09. The molecule has 0 aliphatic carbocycles. The second kappa shape index (κ2) is 2.94. The molecular formula is C8H10N2O2. The van der Waals surface area contributed by atoms with Crippen LogP contribution in [0.3, 0.4) is 0 Å². The lowest BCUT2D eigenvalue weighted by molar-refractivity contribution is -0.146. The normalized spacial score (nSPS) is 32.9. The molecule has 0 aromatic rings. The number of carbonyl (C=O) groups excluding carboxylic acids is 1. The van der Waals surface area contributed by atoms with Gasteiger partial charge in [-0.2, -0.15) is 10.2 Å². The molecule has 0 aromatic heterocycles. The lowest BCUT2D eigenvalue weighted by Crippen LogP contribution is -2.33. The zero-order chi connectivity index (χ0) is 9.19. The molecule has 12 heavy (non-hydrogen) atoms. The van der Waals surface area contributed by atoms with E-state index in [0.717, 1.165) is 0 Å². The molecule has 0 unspecified atom stereocenters. The molecule has 0 bridgehead atoms. The lowest BCUT2D eigenvalue weighted by Gasteiger charge is -2.14. The smallest absolute Gasteiger partial charge is 0.335 e. The monoisotopic (exact) mass is 166 g/mol. The van der Waals surface area contributed by atoms with Gasteiger partial charge in [0.1, 0.15) is 6.04 Å². The average molecular weight is 166 g/mol. The van der Waals surface area contributed by atoms with Gasteiger partial charge in [0.05, 0.1) is 7.11 Å². The van der Waals surface area contributed by atoms with Crippen molar-refractivity contribution in [1.82, 2.24) is 0 Å². The molecule has 2 atom stereocenters. The highest BCUT2D eigenvalue weighted by Crippen LogP contribution is 2.27. The number of ether oxygens (including phenoxy) is 1. The topological polar surface area (TPSA) is 51.0 Å². The Morgan fingerprint density at radius 2 is 2.50 bits per heavy atom. The minimum absolute atomic E-state index is 0.283. The summed E-state index contributed by atoms with van der Waals surface area (Å²) < 4.78 is 4.57. The van der Waals surface area contributed by atoms with Gasteiger partial charge >= 0.3 is 5.97 Å². The van der Waals surface area contributed by atoms with E-state index in [1.165, 1.54) is 7.11 Å². The standard InChI is InChI=1S/C8H10N2O2/c1-4-6-5-8(2,10-9-6)7(11)12-3/h1,6H,5H2,2-3H3/t6-,8+/m0/s1. The molecule has 4 nitrogen and oxygen atoms in total. The van der Waals surface area contributed by atoms with Crippen molar-refractivity contribution >= 4 is 5.97 Å². The predicted octanol–water partition coefficient (Wildman–Crippen LogP) is 0.776. The highest BCUT2D eigenvalue weighted by molar-refractivity contribution is 5.80. The number of methoxy groups -OCH3 is 1. The van der Waals surface area contributed by atoms with Crippen molar-refractivity contribution < 1.29 is 9.53 Å². The zero-order valence-corrected chi connectivity index (χ0v) is 7.07. The summed E-state index contributed by atoms with van der Waals surface area (Å²) in [7, 11) is 1.33. The highest BCUT2D eigenvalue weighted by atomic mass is 16.5. The summed E-state index contributed by atoms with van der Waals surface area (Å²) in [5.74, 6) is 2.04. The van der Waals surface area contributed by atoms with Crippen LogP contribution in [0.1, 0.15) is 13.3 Å². The van der Waals surface area contributed by atoms with E-state index in [9.17, 15) is 4.79 Å². The molecule has 0 spiro atoms. The molecule has 0 radical (unpaired) electrons. The van der Waals surface area contributed by atoms with E-state index in [1.54, 1.807) is 6.92 Å². The predicted molar refractivity (Wildman–Crippen MR) is 42.5 cm³/mol. The van der Waals surface area contributed by atoms with Gasteiger partial charge in [0.25, 0.3) is 0 Å². The summed E-state index contributed by atoms with van der Waals surface area (Å²) in [5.41, 5.74) is -0.869. The first-order valence-electron chi connectivity index (χ1n) is 3.59. The van der Waals surface area contributed by atoms with Crippen molar-refractivity contribution in [1.29, 1.82) is 0 Å². The molecule has 1 aliphatic heterocycles. The maximum absolute atomic E-state index is 11.2. The van der Waals surface area contributed by atoms with Gasteiger partial charge in [-0.1, -0.05) is 5.92 Å². The number of carbonyl (C=O) groups is 1. The number of esters is 1. The van der Waals surface area contributed by atoms with Crippen LogP contribution in [0.5, 0.6) is 0 Å². The van der Waals surface area contributed by atoms with Gasteiger partial charge in [0, 0.05) is 6.42 Å². The third-order valence-corrected chi connectivity index (χ3v) is 1.83. The van der Waals surface area contributed by atoms with Crippen molar-refractivity contribution in [2.75, 3.05) is 7.11 Å². The van der Waals surface area contributed by atoms with E-state index in [1.807, 2.05) is 0 Å². The molecule has 0 fully saturated rings. The maximum Gasteiger partial charge on any atom is 0.335 e. The van der Waals surface area contributed by atoms with Crippen molar-refractivity contribution in [3.05, 3.63) is 0 Å². The molecule has 0 saturated heterocycles. The third-order valence-electron chi connectivity index (χ3n) is 1.83. The molecule has 0 N–H and O–H groups in total. The van der Waals surface area contributed by atoms with E-state index in [0.29, 0.717) is 6.42 Å². The fourth-order valence-electron chi connectivity index (χ4n) is 1.09. The van der Waals surface area contributed by atoms with E-state index >= 15 is 0 Å². The van der Waals surface area contributed by atoms with Crippen LogP contribution in [0.2, 0.25) is 0 Å². The van der Waals surface area contributed by atoms with Gasteiger partial charge in [0.2, 0.25) is 0 Å². The first kappa shape index (κ1) is 8.72. The van der Waals surface area contributed by atoms with Crippen LogP contribution in [-0.4, -0.2) is 24.7 Å². The van der Waals surface area contributed by atoms with Crippen molar-refractivity contribution in [3.8, 4) is 12.3 Å². The number of terminal acetylenes is 1. The number of rotatable bonds is 1. The summed E-state index contributed by atoms with van der Waals surface area (Å²) in [6, 6.07) is -0.283. The van der Waals surface area contributed by atoms with Crippen molar-refractivity contribution in [2.45, 2.75) is 24.9 Å². The van der Waals surface area contributed by atoms with Gasteiger partial charge in [-0.15, -0.1) is 6.42 Å². The number of hydrogen-bond donors (Lipinski definition) is 0.